The molecule has 4 nitrogen and oxygen atoms in total. The van der Waals surface area contributed by atoms with Crippen molar-refractivity contribution in [2.24, 2.45) is 0 Å². The molecule has 3 aromatic carbocycles. The highest BCUT2D eigenvalue weighted by molar-refractivity contribution is 7.18. The van der Waals surface area contributed by atoms with Crippen LogP contribution in [0.4, 0.5) is 5.69 Å². The Labute approximate surface area is 174 Å². The number of ether oxygens (including phenoxy) is 1. The monoisotopic (exact) mass is 402 g/mol. The minimum atomic E-state index is 0.0136. The lowest BCUT2D eigenvalue weighted by Crippen LogP contribution is -2.12. The number of benzene rings is 3. The molecule has 5 heteroatoms. The van der Waals surface area contributed by atoms with Gasteiger partial charge in [0.05, 0.1) is 22.3 Å². The van der Waals surface area contributed by atoms with Crippen molar-refractivity contribution in [1.82, 2.24) is 4.98 Å². The molecule has 1 N–H and O–H groups in total. The van der Waals surface area contributed by atoms with Crippen molar-refractivity contribution in [3.8, 4) is 5.75 Å². The Morgan fingerprint density at radius 1 is 0.966 bits per heavy atom. The number of fused-ring (bicyclic) bond motifs is 1. The third kappa shape index (κ3) is 5.00. The average Bonchev–Trinajstić information content (AvgIpc) is 3.16. The number of carbonyl (C=O) groups is 1. The summed E-state index contributed by atoms with van der Waals surface area (Å²) in [6.45, 7) is 0. The molecule has 0 saturated carbocycles. The Hall–Kier alpha value is -3.18. The molecular weight excluding hydrogens is 380 g/mol. The molecule has 0 aliphatic carbocycles. The Kier molecular flexibility index (Phi) is 5.86. The number of aromatic nitrogens is 1. The van der Waals surface area contributed by atoms with Gasteiger partial charge in [-0.15, -0.1) is 11.3 Å². The van der Waals surface area contributed by atoms with E-state index in [0.29, 0.717) is 12.8 Å². The number of methoxy groups -OCH3 is 1. The molecule has 146 valence electrons. The first-order chi connectivity index (χ1) is 14.2. The van der Waals surface area contributed by atoms with E-state index in [2.05, 4.69) is 16.4 Å². The standard InChI is InChI=1S/C24H22N2O2S/c1-28-20-13-8-17(9-14-20)10-15-23(27)25-19-11-6-18(7-12-19)16-24-26-21-4-2-3-5-22(21)29-24/h2-9,11-14H,10,15-16H2,1H3,(H,25,27). The summed E-state index contributed by atoms with van der Waals surface area (Å²) in [7, 11) is 1.65. The number of thiazole rings is 1. The van der Waals surface area contributed by atoms with Crippen molar-refractivity contribution in [3.05, 3.63) is 88.9 Å². The Bertz CT molecular complexity index is 1070. The van der Waals surface area contributed by atoms with Crippen LogP contribution in [-0.2, 0) is 17.6 Å². The van der Waals surface area contributed by atoms with Crippen LogP contribution >= 0.6 is 11.3 Å². The molecule has 0 spiro atoms. The fourth-order valence-corrected chi connectivity index (χ4v) is 4.15. The van der Waals surface area contributed by atoms with Crippen LogP contribution in [0.1, 0.15) is 22.6 Å². The molecule has 0 atom stereocenters. The average molecular weight is 403 g/mol. The molecule has 1 amide bonds. The van der Waals surface area contributed by atoms with Gasteiger partial charge in [0, 0.05) is 18.5 Å². The van der Waals surface area contributed by atoms with Gasteiger partial charge in [-0.3, -0.25) is 4.79 Å². The second-order valence-electron chi connectivity index (χ2n) is 6.85. The van der Waals surface area contributed by atoms with Crippen molar-refractivity contribution in [2.45, 2.75) is 19.3 Å². The summed E-state index contributed by atoms with van der Waals surface area (Å²) >= 11 is 1.72. The Morgan fingerprint density at radius 3 is 2.41 bits per heavy atom. The number of nitrogens with zero attached hydrogens (tertiary/aromatic N) is 1. The largest absolute Gasteiger partial charge is 0.497 e. The predicted octanol–water partition coefficient (Wildman–Crippen LogP) is 5.47. The second kappa shape index (κ2) is 8.88. The lowest BCUT2D eigenvalue weighted by molar-refractivity contribution is -0.116. The van der Waals surface area contributed by atoms with E-state index in [-0.39, 0.29) is 5.91 Å². The number of carbonyl (C=O) groups excluding carboxylic acids is 1. The zero-order chi connectivity index (χ0) is 20.1. The van der Waals surface area contributed by atoms with E-state index in [1.54, 1.807) is 18.4 Å². The summed E-state index contributed by atoms with van der Waals surface area (Å²) in [5.41, 5.74) is 4.17. The minimum Gasteiger partial charge on any atom is -0.497 e. The van der Waals surface area contributed by atoms with E-state index in [9.17, 15) is 4.79 Å². The molecule has 1 heterocycles. The van der Waals surface area contributed by atoms with Gasteiger partial charge in [0.15, 0.2) is 0 Å². The Balaban J connectivity index is 1.30. The molecular formula is C24H22N2O2S. The summed E-state index contributed by atoms with van der Waals surface area (Å²) in [6, 6.07) is 24.0. The van der Waals surface area contributed by atoms with E-state index in [1.807, 2.05) is 66.7 Å². The smallest absolute Gasteiger partial charge is 0.224 e. The molecule has 1 aromatic heterocycles. The van der Waals surface area contributed by atoms with Crippen LogP contribution in [0.5, 0.6) is 5.75 Å². The molecule has 0 saturated heterocycles. The summed E-state index contributed by atoms with van der Waals surface area (Å²) in [5, 5.41) is 4.07. The third-order valence-electron chi connectivity index (χ3n) is 4.73. The zero-order valence-corrected chi connectivity index (χ0v) is 17.0. The molecule has 0 fully saturated rings. The predicted molar refractivity (Wildman–Crippen MR) is 119 cm³/mol. The number of nitrogens with one attached hydrogen (secondary N) is 1. The van der Waals surface area contributed by atoms with Crippen LogP contribution in [0.2, 0.25) is 0 Å². The van der Waals surface area contributed by atoms with Gasteiger partial charge in [-0.25, -0.2) is 4.98 Å². The van der Waals surface area contributed by atoms with E-state index in [0.717, 1.165) is 33.9 Å². The fraction of sp³-hybridized carbons (Fsp3) is 0.167. The summed E-state index contributed by atoms with van der Waals surface area (Å²) in [5.74, 6) is 0.837. The van der Waals surface area contributed by atoms with Crippen molar-refractivity contribution in [1.29, 1.82) is 0 Å². The SMILES string of the molecule is COc1ccc(CCC(=O)Nc2ccc(Cc3nc4ccccc4s3)cc2)cc1. The first-order valence-electron chi connectivity index (χ1n) is 9.56. The molecule has 0 bridgehead atoms. The summed E-state index contributed by atoms with van der Waals surface area (Å²) in [6.07, 6.45) is 1.94. The number of anilines is 1. The molecule has 0 unspecified atom stereocenters. The molecule has 29 heavy (non-hydrogen) atoms. The van der Waals surface area contributed by atoms with Crippen LogP contribution < -0.4 is 10.1 Å². The number of para-hydroxylation sites is 1. The van der Waals surface area contributed by atoms with Gasteiger partial charge < -0.3 is 10.1 Å². The minimum absolute atomic E-state index is 0.0136. The maximum absolute atomic E-state index is 12.2. The summed E-state index contributed by atoms with van der Waals surface area (Å²) < 4.78 is 6.36. The lowest BCUT2D eigenvalue weighted by Gasteiger charge is -2.07. The number of hydrogen-bond acceptors (Lipinski definition) is 4. The van der Waals surface area contributed by atoms with E-state index in [1.165, 1.54) is 10.3 Å². The molecule has 0 radical (unpaired) electrons. The lowest BCUT2D eigenvalue weighted by atomic mass is 10.1. The van der Waals surface area contributed by atoms with Crippen LogP contribution in [0.3, 0.4) is 0 Å². The topological polar surface area (TPSA) is 51.2 Å². The van der Waals surface area contributed by atoms with Gasteiger partial charge in [0.2, 0.25) is 5.91 Å². The maximum atomic E-state index is 12.2. The van der Waals surface area contributed by atoms with E-state index in [4.69, 9.17) is 4.74 Å². The van der Waals surface area contributed by atoms with Crippen LogP contribution in [-0.4, -0.2) is 18.0 Å². The maximum Gasteiger partial charge on any atom is 0.224 e. The molecule has 4 aromatic rings. The van der Waals surface area contributed by atoms with E-state index < -0.39 is 0 Å². The van der Waals surface area contributed by atoms with Crippen LogP contribution in [0, 0.1) is 0 Å². The van der Waals surface area contributed by atoms with Crippen molar-refractivity contribution >= 4 is 33.1 Å². The first-order valence-corrected chi connectivity index (χ1v) is 10.4. The van der Waals surface area contributed by atoms with Crippen molar-refractivity contribution in [3.63, 3.8) is 0 Å². The van der Waals surface area contributed by atoms with Gasteiger partial charge in [-0.05, 0) is 53.9 Å². The number of hydrogen-bond donors (Lipinski definition) is 1. The second-order valence-corrected chi connectivity index (χ2v) is 7.96. The molecule has 0 aliphatic rings. The first kappa shape index (κ1) is 19.2. The highest BCUT2D eigenvalue weighted by Gasteiger charge is 2.06. The fourth-order valence-electron chi connectivity index (χ4n) is 3.15. The van der Waals surface area contributed by atoms with Crippen LogP contribution in [0.25, 0.3) is 10.2 Å². The van der Waals surface area contributed by atoms with Gasteiger partial charge in [-0.2, -0.15) is 0 Å². The van der Waals surface area contributed by atoms with E-state index >= 15 is 0 Å². The Morgan fingerprint density at radius 2 is 1.69 bits per heavy atom. The quantitative estimate of drug-likeness (QED) is 0.446. The molecule has 4 rings (SSSR count). The third-order valence-corrected chi connectivity index (χ3v) is 5.77. The number of rotatable bonds is 7. The van der Waals surface area contributed by atoms with Crippen molar-refractivity contribution < 1.29 is 9.53 Å². The van der Waals surface area contributed by atoms with Gasteiger partial charge >= 0.3 is 0 Å². The van der Waals surface area contributed by atoms with Gasteiger partial charge in [0.1, 0.15) is 5.75 Å². The van der Waals surface area contributed by atoms with Crippen molar-refractivity contribution in [2.75, 3.05) is 12.4 Å². The number of aryl methyl sites for hydroxylation is 1. The van der Waals surface area contributed by atoms with Crippen LogP contribution in [0.15, 0.2) is 72.8 Å². The number of amides is 1. The molecule has 0 aliphatic heterocycles. The highest BCUT2D eigenvalue weighted by atomic mass is 32.1. The van der Waals surface area contributed by atoms with Gasteiger partial charge in [-0.1, -0.05) is 36.4 Å². The summed E-state index contributed by atoms with van der Waals surface area (Å²) in [4.78, 5) is 16.9. The highest BCUT2D eigenvalue weighted by Crippen LogP contribution is 2.24. The van der Waals surface area contributed by atoms with Gasteiger partial charge in [0.25, 0.3) is 0 Å². The normalized spacial score (nSPS) is 10.8. The zero-order valence-electron chi connectivity index (χ0n) is 16.2.